The molecular formula is C22H24N2O5. The molecule has 0 saturated heterocycles. The molecule has 1 unspecified atom stereocenters. The van der Waals surface area contributed by atoms with Gasteiger partial charge in [-0.3, -0.25) is 20.4 Å². The number of hydrogen-bond donors (Lipinski definition) is 2. The third-order valence-electron chi connectivity index (χ3n) is 4.77. The number of furan rings is 1. The quantitative estimate of drug-likeness (QED) is 0.625. The van der Waals surface area contributed by atoms with Crippen molar-refractivity contribution < 1.29 is 23.5 Å². The summed E-state index contributed by atoms with van der Waals surface area (Å²) in [7, 11) is 1.58. The van der Waals surface area contributed by atoms with E-state index in [2.05, 4.69) is 10.9 Å². The van der Waals surface area contributed by atoms with Crippen LogP contribution >= 0.6 is 0 Å². The minimum atomic E-state index is -0.766. The van der Waals surface area contributed by atoms with Gasteiger partial charge in [0.1, 0.15) is 17.1 Å². The first-order valence-corrected chi connectivity index (χ1v) is 9.24. The number of fused-ring (bicyclic) bond motifs is 1. The summed E-state index contributed by atoms with van der Waals surface area (Å²) in [5, 5.41) is 0.818. The Hall–Kier alpha value is -3.48. The molecule has 7 nitrogen and oxygen atoms in total. The number of hydrazine groups is 1. The van der Waals surface area contributed by atoms with Crippen molar-refractivity contribution in [2.24, 2.45) is 0 Å². The lowest BCUT2D eigenvalue weighted by molar-refractivity contribution is -0.132. The molecule has 1 heterocycles. The van der Waals surface area contributed by atoms with Crippen molar-refractivity contribution in [3.05, 3.63) is 59.4 Å². The van der Waals surface area contributed by atoms with Crippen molar-refractivity contribution in [2.45, 2.75) is 33.3 Å². The number of carbonyl (C=O) groups is 2. The Kier molecular flexibility index (Phi) is 6.07. The Morgan fingerprint density at radius 2 is 1.93 bits per heavy atom. The van der Waals surface area contributed by atoms with Gasteiger partial charge >= 0.3 is 0 Å². The fourth-order valence-corrected chi connectivity index (χ4v) is 2.87. The molecule has 2 N–H and O–H groups in total. The van der Waals surface area contributed by atoms with E-state index < -0.39 is 12.0 Å². The van der Waals surface area contributed by atoms with Crippen LogP contribution in [0.3, 0.4) is 0 Å². The highest BCUT2D eigenvalue weighted by atomic mass is 16.5. The number of amides is 2. The van der Waals surface area contributed by atoms with E-state index in [0.29, 0.717) is 22.6 Å². The number of ether oxygens (including phenoxy) is 2. The standard InChI is InChI=1S/C22H24N2O5/c1-13-6-5-7-19(14(13)2)29-15(3)22(26)24-23-21(25)10-16-12-28-20-11-17(27-4)8-9-18(16)20/h5-9,11-12,15H,10H2,1-4H3,(H,23,25)(H,24,26). The number of carbonyl (C=O) groups excluding carboxylic acids is 2. The van der Waals surface area contributed by atoms with Gasteiger partial charge in [-0.05, 0) is 50.1 Å². The van der Waals surface area contributed by atoms with E-state index in [-0.39, 0.29) is 12.3 Å². The predicted molar refractivity (Wildman–Crippen MR) is 109 cm³/mol. The van der Waals surface area contributed by atoms with Gasteiger partial charge in [0.25, 0.3) is 5.91 Å². The topological polar surface area (TPSA) is 89.8 Å². The lowest BCUT2D eigenvalue weighted by Crippen LogP contribution is -2.47. The minimum Gasteiger partial charge on any atom is -0.497 e. The second kappa shape index (κ2) is 8.68. The van der Waals surface area contributed by atoms with Crippen LogP contribution in [-0.2, 0) is 16.0 Å². The third kappa shape index (κ3) is 4.68. The molecule has 0 spiro atoms. The van der Waals surface area contributed by atoms with Gasteiger partial charge in [-0.25, -0.2) is 0 Å². The molecule has 2 amide bonds. The highest BCUT2D eigenvalue weighted by Gasteiger charge is 2.17. The van der Waals surface area contributed by atoms with Crippen molar-refractivity contribution in [3.63, 3.8) is 0 Å². The summed E-state index contributed by atoms with van der Waals surface area (Å²) >= 11 is 0. The van der Waals surface area contributed by atoms with Crippen LogP contribution < -0.4 is 20.3 Å². The molecule has 0 bridgehead atoms. The zero-order chi connectivity index (χ0) is 21.0. The highest BCUT2D eigenvalue weighted by molar-refractivity contribution is 5.89. The van der Waals surface area contributed by atoms with Gasteiger partial charge < -0.3 is 13.9 Å². The van der Waals surface area contributed by atoms with Crippen LogP contribution in [0.25, 0.3) is 11.0 Å². The SMILES string of the molecule is COc1ccc2c(CC(=O)NNC(=O)C(C)Oc3cccc(C)c3C)coc2c1. The molecule has 3 aromatic rings. The number of methoxy groups -OCH3 is 1. The summed E-state index contributed by atoms with van der Waals surface area (Å²) in [6.45, 7) is 5.53. The lowest BCUT2D eigenvalue weighted by Gasteiger charge is -2.17. The minimum absolute atomic E-state index is 0.0613. The van der Waals surface area contributed by atoms with E-state index in [9.17, 15) is 9.59 Å². The maximum Gasteiger partial charge on any atom is 0.279 e. The lowest BCUT2D eigenvalue weighted by atomic mass is 10.1. The smallest absolute Gasteiger partial charge is 0.279 e. The van der Waals surface area contributed by atoms with Crippen LogP contribution in [0.5, 0.6) is 11.5 Å². The second-order valence-corrected chi connectivity index (χ2v) is 6.80. The predicted octanol–water partition coefficient (Wildman–Crippen LogP) is 3.22. The summed E-state index contributed by atoms with van der Waals surface area (Å²) < 4.78 is 16.3. The summed E-state index contributed by atoms with van der Waals surface area (Å²) in [4.78, 5) is 24.5. The van der Waals surface area contributed by atoms with Gasteiger partial charge in [0, 0.05) is 17.0 Å². The molecule has 0 aliphatic carbocycles. The van der Waals surface area contributed by atoms with Gasteiger partial charge in [-0.1, -0.05) is 12.1 Å². The second-order valence-electron chi connectivity index (χ2n) is 6.80. The van der Waals surface area contributed by atoms with Crippen LogP contribution in [0.4, 0.5) is 0 Å². The first-order chi connectivity index (χ1) is 13.9. The number of aryl methyl sites for hydroxylation is 1. The van der Waals surface area contributed by atoms with Crippen molar-refractivity contribution >= 4 is 22.8 Å². The molecule has 29 heavy (non-hydrogen) atoms. The number of hydrogen-bond acceptors (Lipinski definition) is 5. The first kappa shape index (κ1) is 20.3. The van der Waals surface area contributed by atoms with E-state index in [1.165, 1.54) is 6.26 Å². The third-order valence-corrected chi connectivity index (χ3v) is 4.77. The van der Waals surface area contributed by atoms with E-state index in [1.807, 2.05) is 38.1 Å². The molecular weight excluding hydrogens is 372 g/mol. The Balaban J connectivity index is 1.55. The maximum atomic E-state index is 12.3. The van der Waals surface area contributed by atoms with E-state index >= 15 is 0 Å². The average molecular weight is 396 g/mol. The van der Waals surface area contributed by atoms with Crippen molar-refractivity contribution in [1.82, 2.24) is 10.9 Å². The fraction of sp³-hybridized carbons (Fsp3) is 0.273. The van der Waals surface area contributed by atoms with Crippen LogP contribution in [-0.4, -0.2) is 25.0 Å². The molecule has 1 aromatic heterocycles. The summed E-state index contributed by atoms with van der Waals surface area (Å²) in [6.07, 6.45) is 0.821. The maximum absolute atomic E-state index is 12.3. The molecule has 152 valence electrons. The molecule has 0 aliphatic rings. The number of rotatable bonds is 6. The average Bonchev–Trinajstić information content (AvgIpc) is 3.11. The van der Waals surface area contributed by atoms with E-state index in [0.717, 1.165) is 16.5 Å². The van der Waals surface area contributed by atoms with Crippen LogP contribution in [0.1, 0.15) is 23.6 Å². The number of nitrogens with one attached hydrogen (secondary N) is 2. The Morgan fingerprint density at radius 3 is 2.69 bits per heavy atom. The Labute approximate surface area is 169 Å². The molecule has 3 rings (SSSR count). The fourth-order valence-electron chi connectivity index (χ4n) is 2.87. The summed E-state index contributed by atoms with van der Waals surface area (Å²) in [5.74, 6) is 0.504. The van der Waals surface area contributed by atoms with Gasteiger partial charge in [-0.2, -0.15) is 0 Å². The van der Waals surface area contributed by atoms with Crippen molar-refractivity contribution in [2.75, 3.05) is 7.11 Å². The Bertz CT molecular complexity index is 1040. The molecule has 0 aliphatic heterocycles. The molecule has 0 radical (unpaired) electrons. The summed E-state index contributed by atoms with van der Waals surface area (Å²) in [5.41, 5.74) is 8.21. The molecule has 0 fully saturated rings. The van der Waals surface area contributed by atoms with Crippen LogP contribution in [0.2, 0.25) is 0 Å². The number of benzene rings is 2. The Morgan fingerprint density at radius 1 is 1.14 bits per heavy atom. The normalized spacial score (nSPS) is 11.7. The molecule has 7 heteroatoms. The van der Waals surface area contributed by atoms with Gasteiger partial charge in [0.15, 0.2) is 6.10 Å². The summed E-state index contributed by atoms with van der Waals surface area (Å²) in [6, 6.07) is 11.0. The van der Waals surface area contributed by atoms with Crippen LogP contribution in [0.15, 0.2) is 47.1 Å². The molecule has 2 aromatic carbocycles. The first-order valence-electron chi connectivity index (χ1n) is 9.24. The zero-order valence-corrected chi connectivity index (χ0v) is 16.9. The van der Waals surface area contributed by atoms with Gasteiger partial charge in [-0.15, -0.1) is 0 Å². The van der Waals surface area contributed by atoms with E-state index in [1.54, 1.807) is 26.2 Å². The van der Waals surface area contributed by atoms with Crippen LogP contribution in [0, 0.1) is 13.8 Å². The zero-order valence-electron chi connectivity index (χ0n) is 16.9. The molecule has 0 saturated carbocycles. The van der Waals surface area contributed by atoms with E-state index in [4.69, 9.17) is 13.9 Å². The van der Waals surface area contributed by atoms with Gasteiger partial charge in [0.05, 0.1) is 19.8 Å². The van der Waals surface area contributed by atoms with Crippen molar-refractivity contribution in [1.29, 1.82) is 0 Å². The monoisotopic (exact) mass is 396 g/mol. The van der Waals surface area contributed by atoms with Crippen molar-refractivity contribution in [3.8, 4) is 11.5 Å². The largest absolute Gasteiger partial charge is 0.497 e. The van der Waals surface area contributed by atoms with Gasteiger partial charge in [0.2, 0.25) is 5.91 Å². The molecule has 1 atom stereocenters. The highest BCUT2D eigenvalue weighted by Crippen LogP contribution is 2.26.